The highest BCUT2D eigenvalue weighted by Crippen LogP contribution is 2.26. The molecule has 1 unspecified atom stereocenters. The molecule has 1 aromatic carbocycles. The Hall–Kier alpha value is -1.07. The summed E-state index contributed by atoms with van der Waals surface area (Å²) in [7, 11) is 3.95. The Morgan fingerprint density at radius 2 is 2.05 bits per heavy atom. The lowest BCUT2D eigenvalue weighted by Crippen LogP contribution is -2.39. The summed E-state index contributed by atoms with van der Waals surface area (Å²) in [5.41, 5.74) is -0.327. The van der Waals surface area contributed by atoms with Crippen LogP contribution in [0.4, 0.5) is 0 Å². The van der Waals surface area contributed by atoms with E-state index in [1.807, 2.05) is 0 Å². The van der Waals surface area contributed by atoms with Gasteiger partial charge in [0.05, 0.1) is 11.5 Å². The van der Waals surface area contributed by atoms with Gasteiger partial charge in [0, 0.05) is 0 Å². The van der Waals surface area contributed by atoms with Crippen molar-refractivity contribution in [3.63, 3.8) is 0 Å². The van der Waals surface area contributed by atoms with E-state index in [4.69, 9.17) is 20.2 Å². The Labute approximate surface area is 120 Å². The molecule has 0 radical (unpaired) electrons. The van der Waals surface area contributed by atoms with Gasteiger partial charge in [-0.05, 0) is 62.1 Å². The van der Waals surface area contributed by atoms with Gasteiger partial charge < -0.3 is 9.47 Å². The Morgan fingerprint density at radius 3 is 2.53 bits per heavy atom. The van der Waals surface area contributed by atoms with Crippen molar-refractivity contribution in [3.05, 3.63) is 23.8 Å². The average molecular weight is 305 g/mol. The van der Waals surface area contributed by atoms with Crippen LogP contribution in [-0.4, -0.2) is 22.4 Å². The van der Waals surface area contributed by atoms with E-state index in [1.54, 1.807) is 45.9 Å². The van der Waals surface area contributed by atoms with Crippen molar-refractivity contribution in [2.45, 2.75) is 38.2 Å². The van der Waals surface area contributed by atoms with E-state index < -0.39 is 21.6 Å². The van der Waals surface area contributed by atoms with Crippen LogP contribution in [0, 0.1) is 6.92 Å². The number of hydrogen-bond acceptors (Lipinski definition) is 4. The molecule has 0 heterocycles. The van der Waals surface area contributed by atoms with E-state index in [0.717, 1.165) is 5.56 Å². The van der Waals surface area contributed by atoms with Crippen LogP contribution in [-0.2, 0) is 19.5 Å². The molecule has 0 aliphatic heterocycles. The van der Waals surface area contributed by atoms with E-state index in [2.05, 4.69) is 0 Å². The maximum absolute atomic E-state index is 11.7. The Kier molecular flexibility index (Phi) is 5.38. The fourth-order valence-corrected chi connectivity index (χ4v) is 2.19. The molecule has 0 amide bonds. The second-order valence-corrected chi connectivity index (χ2v) is 6.24. The van der Waals surface area contributed by atoms with Crippen molar-refractivity contribution in [2.75, 3.05) is 6.61 Å². The molecule has 0 spiro atoms. The molecular weight excluding hydrogens is 288 g/mol. The van der Waals surface area contributed by atoms with Crippen molar-refractivity contribution in [1.29, 1.82) is 0 Å². The summed E-state index contributed by atoms with van der Waals surface area (Å²) >= 11 is 0. The molecule has 1 rings (SSSR count). The van der Waals surface area contributed by atoms with Crippen LogP contribution in [0.2, 0.25) is 0 Å². The number of aryl methyl sites for hydroxylation is 1. The summed E-state index contributed by atoms with van der Waals surface area (Å²) in [4.78, 5) is 12.2. The fraction of sp³-hybridized carbons (Fsp3) is 0.462. The lowest BCUT2D eigenvalue weighted by Gasteiger charge is -2.25. The van der Waals surface area contributed by atoms with Gasteiger partial charge in [-0.1, -0.05) is 0 Å². The Morgan fingerprint density at radius 1 is 1.42 bits per heavy atom. The molecular formula is C13H17ClO4S. The van der Waals surface area contributed by atoms with E-state index in [9.17, 15) is 9.00 Å². The fourth-order valence-electron chi connectivity index (χ4n) is 1.46. The van der Waals surface area contributed by atoms with Crippen LogP contribution >= 0.6 is 10.7 Å². The van der Waals surface area contributed by atoms with Gasteiger partial charge in [0.1, 0.15) is 15.8 Å². The quantitative estimate of drug-likeness (QED) is 0.620. The van der Waals surface area contributed by atoms with Crippen molar-refractivity contribution >= 4 is 26.7 Å². The second-order valence-electron chi connectivity index (χ2n) is 4.48. The van der Waals surface area contributed by atoms with E-state index in [1.165, 1.54) is 0 Å². The minimum Gasteiger partial charge on any atom is -0.476 e. The minimum absolute atomic E-state index is 0.300. The number of esters is 1. The van der Waals surface area contributed by atoms with Crippen molar-refractivity contribution in [1.82, 2.24) is 0 Å². The van der Waals surface area contributed by atoms with Gasteiger partial charge in [-0.25, -0.2) is 9.00 Å². The SMILES string of the molecule is CCOC(=O)C(C)(C)Oc1ccc(S(=O)Cl)cc1C. The first-order chi connectivity index (χ1) is 8.77. The molecule has 4 nitrogen and oxygen atoms in total. The number of halogens is 1. The van der Waals surface area contributed by atoms with Gasteiger partial charge in [-0.2, -0.15) is 0 Å². The molecule has 0 fully saturated rings. The van der Waals surface area contributed by atoms with E-state index in [-0.39, 0.29) is 0 Å². The van der Waals surface area contributed by atoms with Crippen LogP contribution in [0.3, 0.4) is 0 Å². The molecule has 1 atom stereocenters. The number of benzene rings is 1. The lowest BCUT2D eigenvalue weighted by molar-refractivity contribution is -0.158. The third-order valence-corrected chi connectivity index (χ3v) is 3.62. The van der Waals surface area contributed by atoms with E-state index >= 15 is 0 Å². The third-order valence-electron chi connectivity index (χ3n) is 2.46. The van der Waals surface area contributed by atoms with Gasteiger partial charge in [-0.3, -0.25) is 0 Å². The van der Waals surface area contributed by atoms with Crippen LogP contribution in [0.5, 0.6) is 5.75 Å². The van der Waals surface area contributed by atoms with Gasteiger partial charge >= 0.3 is 5.97 Å². The molecule has 0 saturated carbocycles. The Bertz CT molecular complexity index is 499. The number of hydrogen-bond donors (Lipinski definition) is 0. The molecule has 0 aromatic heterocycles. The van der Waals surface area contributed by atoms with Crippen molar-refractivity contribution in [2.24, 2.45) is 0 Å². The maximum atomic E-state index is 11.7. The summed E-state index contributed by atoms with van der Waals surface area (Å²) in [6.45, 7) is 7.11. The summed E-state index contributed by atoms with van der Waals surface area (Å²) in [5, 5.41) is 0. The first-order valence-electron chi connectivity index (χ1n) is 5.83. The molecule has 1 aromatic rings. The highest BCUT2D eigenvalue weighted by atomic mass is 35.7. The Balaban J connectivity index is 2.93. The zero-order valence-corrected chi connectivity index (χ0v) is 12.9. The van der Waals surface area contributed by atoms with Crippen LogP contribution in [0.1, 0.15) is 26.3 Å². The minimum atomic E-state index is -1.56. The highest BCUT2D eigenvalue weighted by Gasteiger charge is 2.32. The largest absolute Gasteiger partial charge is 0.476 e. The van der Waals surface area contributed by atoms with Crippen molar-refractivity contribution < 1.29 is 18.5 Å². The van der Waals surface area contributed by atoms with Crippen molar-refractivity contribution in [3.8, 4) is 5.75 Å². The number of carbonyl (C=O) groups excluding carboxylic acids is 1. The smallest absolute Gasteiger partial charge is 0.349 e. The van der Waals surface area contributed by atoms with Crippen LogP contribution < -0.4 is 4.74 Å². The second kappa shape index (κ2) is 6.39. The predicted molar refractivity (Wildman–Crippen MR) is 74.8 cm³/mol. The van der Waals surface area contributed by atoms with Gasteiger partial charge in [0.2, 0.25) is 0 Å². The zero-order valence-electron chi connectivity index (χ0n) is 11.4. The molecule has 0 N–H and O–H groups in total. The molecule has 106 valence electrons. The summed E-state index contributed by atoms with van der Waals surface area (Å²) < 4.78 is 21.8. The molecule has 0 aliphatic carbocycles. The number of carbonyl (C=O) groups is 1. The molecule has 0 bridgehead atoms. The standard InChI is InChI=1S/C13H17ClO4S/c1-5-17-12(15)13(3,4)18-11-7-6-10(19(14)16)8-9(11)2/h6-8H,5H2,1-4H3. The normalized spacial score (nSPS) is 12.9. The summed E-state index contributed by atoms with van der Waals surface area (Å²) in [6, 6.07) is 4.91. The topological polar surface area (TPSA) is 52.6 Å². The number of ether oxygens (including phenoxy) is 2. The summed E-state index contributed by atoms with van der Waals surface area (Å²) in [5.74, 6) is 0.100. The maximum Gasteiger partial charge on any atom is 0.349 e. The zero-order chi connectivity index (χ0) is 14.6. The molecule has 0 saturated heterocycles. The third kappa shape index (κ3) is 4.21. The van der Waals surface area contributed by atoms with Gasteiger partial charge in [0.25, 0.3) is 0 Å². The predicted octanol–water partition coefficient (Wildman–Crippen LogP) is 2.98. The lowest BCUT2D eigenvalue weighted by atomic mass is 10.1. The van der Waals surface area contributed by atoms with E-state index in [0.29, 0.717) is 17.3 Å². The average Bonchev–Trinajstić information content (AvgIpc) is 2.31. The number of rotatable bonds is 5. The first-order valence-corrected chi connectivity index (χ1v) is 7.80. The first kappa shape index (κ1) is 16.0. The highest BCUT2D eigenvalue weighted by molar-refractivity contribution is 8.08. The summed E-state index contributed by atoms with van der Waals surface area (Å²) in [6.07, 6.45) is 0. The molecule has 19 heavy (non-hydrogen) atoms. The molecule has 0 aliphatic rings. The van der Waals surface area contributed by atoms with Gasteiger partial charge in [0.15, 0.2) is 5.60 Å². The monoisotopic (exact) mass is 304 g/mol. The van der Waals surface area contributed by atoms with Crippen LogP contribution in [0.25, 0.3) is 0 Å². The van der Waals surface area contributed by atoms with Crippen LogP contribution in [0.15, 0.2) is 23.1 Å². The molecule has 6 heteroatoms. The van der Waals surface area contributed by atoms with Gasteiger partial charge in [-0.15, -0.1) is 0 Å².